The van der Waals surface area contributed by atoms with E-state index in [0.29, 0.717) is 0 Å². The largest absolute Gasteiger partial charge is 0.508 e. The van der Waals surface area contributed by atoms with Crippen LogP contribution in [0.4, 0.5) is 0 Å². The fraction of sp³-hybridized carbons (Fsp3) is 0.407. The van der Waals surface area contributed by atoms with Crippen LogP contribution in [-0.4, -0.2) is 130 Å². The lowest BCUT2D eigenvalue weighted by Crippen LogP contribution is -2.65. The molecule has 18 heteroatoms. The van der Waals surface area contributed by atoms with E-state index >= 15 is 0 Å². The molecule has 45 heavy (non-hydrogen) atoms. The molecule has 2 aromatic carbocycles. The average molecular weight is 641 g/mol. The first-order valence-corrected chi connectivity index (χ1v) is 13.2. The maximum atomic E-state index is 13.7. The predicted molar refractivity (Wildman–Crippen MR) is 142 cm³/mol. The summed E-state index contributed by atoms with van der Waals surface area (Å²) in [5.74, 6) is -5.71. The fourth-order valence-corrected chi connectivity index (χ4v) is 4.96. The maximum absolute atomic E-state index is 13.7. The molecule has 0 saturated carbocycles. The molecule has 10 atom stereocenters. The molecule has 3 aromatic rings. The van der Waals surface area contributed by atoms with Gasteiger partial charge in [0.15, 0.2) is 35.8 Å². The lowest BCUT2D eigenvalue weighted by molar-refractivity contribution is -0.354. The van der Waals surface area contributed by atoms with Crippen LogP contribution in [0.25, 0.3) is 22.3 Å². The van der Waals surface area contributed by atoms with Crippen LogP contribution in [0.15, 0.2) is 39.5 Å². The van der Waals surface area contributed by atoms with E-state index in [1.165, 1.54) is 0 Å². The van der Waals surface area contributed by atoms with Crippen molar-refractivity contribution in [2.45, 2.75) is 61.4 Å². The van der Waals surface area contributed by atoms with Crippen LogP contribution in [0.3, 0.4) is 0 Å². The van der Waals surface area contributed by atoms with Gasteiger partial charge in [-0.3, -0.25) is 4.79 Å². The monoisotopic (exact) mass is 640 g/mol. The Labute approximate surface area is 250 Å². The van der Waals surface area contributed by atoms with Gasteiger partial charge in [0.1, 0.15) is 59.1 Å². The van der Waals surface area contributed by atoms with E-state index in [1.54, 1.807) is 0 Å². The molecule has 5 rings (SSSR count). The van der Waals surface area contributed by atoms with Gasteiger partial charge in [-0.1, -0.05) is 0 Å². The van der Waals surface area contributed by atoms with Gasteiger partial charge in [0.25, 0.3) is 0 Å². The zero-order valence-corrected chi connectivity index (χ0v) is 22.6. The molecule has 3 heterocycles. The average Bonchev–Trinajstić information content (AvgIpc) is 2.98. The maximum Gasteiger partial charge on any atom is 0.335 e. The number of aromatic hydroxyl groups is 4. The Morgan fingerprint density at radius 3 is 2.16 bits per heavy atom. The lowest BCUT2D eigenvalue weighted by atomic mass is 9.97. The summed E-state index contributed by atoms with van der Waals surface area (Å²) in [4.78, 5) is 25.6. The Balaban J connectivity index is 1.63. The zero-order chi connectivity index (χ0) is 32.9. The van der Waals surface area contributed by atoms with E-state index in [0.717, 1.165) is 30.3 Å². The number of aliphatic carboxylic acids is 1. The standard InChI is InChI=1S/C27H28O18/c28-6-13-15(33)17(35)20(38)26(42-13)45-24-19(37)18(36)23(25(39)40)44-27(24)43-22-16(34)14-11(32)4-8(29)5-12(14)41-21(22)7-1-2-9(30)10(31)3-7/h1-5,13,15,17-20,23-24,26-33,35-38H,6H2,(H,39,40)/t13?,15-,17+,18+,19+,20?,23?,24?,26+,27-/m1/s1. The predicted octanol–water partition coefficient (Wildman–Crippen LogP) is -2.62. The van der Waals surface area contributed by atoms with Crippen LogP contribution in [0.5, 0.6) is 28.7 Å². The summed E-state index contributed by atoms with van der Waals surface area (Å²) in [5.41, 5.74) is -1.68. The van der Waals surface area contributed by atoms with Gasteiger partial charge in [-0.05, 0) is 18.2 Å². The van der Waals surface area contributed by atoms with Gasteiger partial charge < -0.3 is 79.5 Å². The number of phenolic OH excluding ortho intramolecular Hbond substituents is 4. The number of rotatable bonds is 7. The SMILES string of the molecule is O=C(O)C1O[C@@H](Oc2c(-c3ccc(O)c(O)c3)oc3cc(O)cc(O)c3c2=O)C(O[C@@H]2OC(CO)[C@@H](O)[C@H](O)C2O)[C@@H](O)[C@@H]1O. The molecule has 1 aromatic heterocycles. The van der Waals surface area contributed by atoms with E-state index in [2.05, 4.69) is 0 Å². The van der Waals surface area contributed by atoms with E-state index in [4.69, 9.17) is 23.4 Å². The molecular formula is C27H28O18. The van der Waals surface area contributed by atoms with E-state index in [-0.39, 0.29) is 11.1 Å². The van der Waals surface area contributed by atoms with Crippen molar-refractivity contribution in [1.29, 1.82) is 0 Å². The Hall–Kier alpha value is -4.24. The van der Waals surface area contributed by atoms with Gasteiger partial charge in [-0.15, -0.1) is 0 Å². The number of hydrogen-bond donors (Lipinski definition) is 11. The molecule has 0 bridgehead atoms. The molecule has 244 valence electrons. The Morgan fingerprint density at radius 1 is 0.800 bits per heavy atom. The first-order chi connectivity index (χ1) is 21.2. The molecule has 0 aliphatic carbocycles. The summed E-state index contributed by atoms with van der Waals surface area (Å²) in [6, 6.07) is 4.89. The molecule has 2 saturated heterocycles. The van der Waals surface area contributed by atoms with Gasteiger partial charge in [-0.25, -0.2) is 4.79 Å². The van der Waals surface area contributed by atoms with Crippen molar-refractivity contribution < 1.29 is 84.3 Å². The number of carboxylic acids is 1. The normalized spacial score (nSPS) is 32.0. The van der Waals surface area contributed by atoms with Gasteiger partial charge in [0.2, 0.25) is 17.5 Å². The molecule has 2 aliphatic heterocycles. The number of ether oxygens (including phenoxy) is 4. The van der Waals surface area contributed by atoms with Gasteiger partial charge >= 0.3 is 5.97 Å². The molecule has 11 N–H and O–H groups in total. The van der Waals surface area contributed by atoms with Crippen molar-refractivity contribution in [2.24, 2.45) is 0 Å². The number of benzene rings is 2. The van der Waals surface area contributed by atoms with Crippen molar-refractivity contribution in [3.05, 3.63) is 40.6 Å². The van der Waals surface area contributed by atoms with Crippen LogP contribution in [0, 0.1) is 0 Å². The fourth-order valence-electron chi connectivity index (χ4n) is 4.96. The zero-order valence-electron chi connectivity index (χ0n) is 22.6. The molecule has 0 radical (unpaired) electrons. The summed E-state index contributed by atoms with van der Waals surface area (Å²) in [6.07, 6.45) is -20.0. The highest BCUT2D eigenvalue weighted by molar-refractivity contribution is 5.88. The van der Waals surface area contributed by atoms with Gasteiger partial charge in [0.05, 0.1) is 6.61 Å². The minimum Gasteiger partial charge on any atom is -0.508 e. The topological polar surface area (TPSA) is 307 Å². The molecular weight excluding hydrogens is 612 g/mol. The van der Waals surface area contributed by atoms with Gasteiger partial charge in [0, 0.05) is 17.7 Å². The number of carbonyl (C=O) groups is 1. The third-order valence-corrected chi connectivity index (χ3v) is 7.32. The highest BCUT2D eigenvalue weighted by Gasteiger charge is 2.53. The first-order valence-electron chi connectivity index (χ1n) is 13.2. The third-order valence-electron chi connectivity index (χ3n) is 7.32. The second-order valence-electron chi connectivity index (χ2n) is 10.3. The summed E-state index contributed by atoms with van der Waals surface area (Å²) >= 11 is 0. The van der Waals surface area contributed by atoms with Crippen molar-refractivity contribution >= 4 is 16.9 Å². The van der Waals surface area contributed by atoms with E-state index < -0.39 is 119 Å². The number of aliphatic hydroxyl groups is 6. The smallest absolute Gasteiger partial charge is 0.335 e. The second-order valence-corrected chi connectivity index (χ2v) is 10.3. The first kappa shape index (κ1) is 32.2. The summed E-state index contributed by atoms with van der Waals surface area (Å²) in [7, 11) is 0. The van der Waals surface area contributed by atoms with Crippen LogP contribution in [-0.2, 0) is 19.0 Å². The highest BCUT2D eigenvalue weighted by Crippen LogP contribution is 2.40. The lowest BCUT2D eigenvalue weighted by Gasteiger charge is -2.45. The second kappa shape index (κ2) is 12.3. The quantitative estimate of drug-likeness (QED) is 0.118. The number of phenols is 4. The summed E-state index contributed by atoms with van der Waals surface area (Å²) < 4.78 is 27.6. The molecule has 0 amide bonds. The van der Waals surface area contributed by atoms with Crippen molar-refractivity contribution in [3.8, 4) is 40.1 Å². The molecule has 18 nitrogen and oxygen atoms in total. The molecule has 2 fully saturated rings. The highest BCUT2D eigenvalue weighted by atomic mass is 16.8. The Kier molecular flexibility index (Phi) is 8.77. The Morgan fingerprint density at radius 2 is 1.51 bits per heavy atom. The van der Waals surface area contributed by atoms with Crippen molar-refractivity contribution in [3.63, 3.8) is 0 Å². The molecule has 2 aliphatic rings. The number of fused-ring (bicyclic) bond motifs is 1. The van der Waals surface area contributed by atoms with E-state index in [1.807, 2.05) is 0 Å². The van der Waals surface area contributed by atoms with Crippen LogP contribution >= 0.6 is 0 Å². The Bertz CT molecular complexity index is 1640. The minimum absolute atomic E-state index is 0.139. The van der Waals surface area contributed by atoms with Gasteiger partial charge in [-0.2, -0.15) is 0 Å². The van der Waals surface area contributed by atoms with Crippen LogP contribution in [0.1, 0.15) is 0 Å². The van der Waals surface area contributed by atoms with E-state index in [9.17, 15) is 65.8 Å². The van der Waals surface area contributed by atoms with Crippen LogP contribution in [0.2, 0.25) is 0 Å². The number of hydrogen-bond acceptors (Lipinski definition) is 17. The van der Waals surface area contributed by atoms with Crippen molar-refractivity contribution in [2.75, 3.05) is 6.61 Å². The summed E-state index contributed by atoms with van der Waals surface area (Å²) in [5, 5.41) is 111. The summed E-state index contributed by atoms with van der Waals surface area (Å²) in [6.45, 7) is -0.863. The number of aliphatic hydroxyl groups excluding tert-OH is 6. The van der Waals surface area contributed by atoms with Crippen LogP contribution < -0.4 is 10.2 Å². The molecule has 4 unspecified atom stereocenters. The molecule has 0 spiro atoms. The number of carboxylic acid groups (broad SMARTS) is 1. The third kappa shape index (κ3) is 5.81. The minimum atomic E-state index is -2.21. The van der Waals surface area contributed by atoms with Crippen molar-refractivity contribution in [1.82, 2.24) is 0 Å².